The number of rotatable bonds is 7. The third-order valence-electron chi connectivity index (χ3n) is 4.79. The Hall–Kier alpha value is -3.41. The molecule has 0 radical (unpaired) electrons. The molecule has 3 rings (SSSR count). The average Bonchev–Trinajstić information content (AvgIpc) is 2.76. The minimum absolute atomic E-state index is 0.140. The smallest absolute Gasteiger partial charge is 0.254 e. The van der Waals surface area contributed by atoms with E-state index in [4.69, 9.17) is 18.9 Å². The van der Waals surface area contributed by atoms with Crippen LogP contribution in [-0.2, 0) is 6.54 Å². The summed E-state index contributed by atoms with van der Waals surface area (Å²) < 4.78 is 21.3. The molecule has 3 aromatic rings. The minimum atomic E-state index is -0.140. The van der Waals surface area contributed by atoms with Gasteiger partial charge in [0.2, 0.25) is 5.75 Å². The van der Waals surface area contributed by atoms with Crippen LogP contribution >= 0.6 is 0 Å². The fourth-order valence-electron chi connectivity index (χ4n) is 3.27. The van der Waals surface area contributed by atoms with Crippen LogP contribution in [0, 0.1) is 0 Å². The fourth-order valence-corrected chi connectivity index (χ4v) is 3.27. The predicted molar refractivity (Wildman–Crippen MR) is 112 cm³/mol. The predicted octanol–water partition coefficient (Wildman–Crippen LogP) is 4.15. The first-order valence-electron chi connectivity index (χ1n) is 9.12. The molecule has 0 heterocycles. The first kappa shape index (κ1) is 20.3. The molecular formula is C23H25NO5. The quantitative estimate of drug-likeness (QED) is 0.602. The number of ether oxygens (including phenoxy) is 4. The fraction of sp³-hybridized carbons (Fsp3) is 0.261. The Bertz CT molecular complexity index is 1010. The van der Waals surface area contributed by atoms with Crippen molar-refractivity contribution in [3.8, 4) is 23.0 Å². The summed E-state index contributed by atoms with van der Waals surface area (Å²) in [5, 5.41) is 2.18. The molecular weight excluding hydrogens is 370 g/mol. The van der Waals surface area contributed by atoms with E-state index in [1.165, 1.54) is 21.3 Å². The van der Waals surface area contributed by atoms with Crippen LogP contribution in [0.15, 0.2) is 48.5 Å². The molecule has 0 aliphatic carbocycles. The van der Waals surface area contributed by atoms with Crippen molar-refractivity contribution in [1.82, 2.24) is 4.90 Å². The molecule has 6 nitrogen and oxygen atoms in total. The van der Waals surface area contributed by atoms with E-state index in [0.29, 0.717) is 29.4 Å². The third kappa shape index (κ3) is 4.21. The van der Waals surface area contributed by atoms with Crippen LogP contribution < -0.4 is 18.9 Å². The number of benzene rings is 3. The topological polar surface area (TPSA) is 57.2 Å². The van der Waals surface area contributed by atoms with Crippen molar-refractivity contribution < 1.29 is 23.7 Å². The maximum absolute atomic E-state index is 13.0. The van der Waals surface area contributed by atoms with E-state index in [1.807, 2.05) is 30.3 Å². The van der Waals surface area contributed by atoms with Crippen LogP contribution in [0.5, 0.6) is 23.0 Å². The van der Waals surface area contributed by atoms with Gasteiger partial charge in [-0.15, -0.1) is 0 Å². The molecule has 0 aromatic heterocycles. The molecule has 0 unspecified atom stereocenters. The lowest BCUT2D eigenvalue weighted by molar-refractivity contribution is 0.0784. The Kier molecular flexibility index (Phi) is 6.12. The Morgan fingerprint density at radius 3 is 2.00 bits per heavy atom. The number of methoxy groups -OCH3 is 4. The monoisotopic (exact) mass is 395 g/mol. The SMILES string of the molecule is COc1ccc2cc(CN(C)C(=O)c3cc(OC)c(OC)c(OC)c3)ccc2c1. The Labute approximate surface area is 170 Å². The highest BCUT2D eigenvalue weighted by Gasteiger charge is 2.19. The second-order valence-electron chi connectivity index (χ2n) is 6.62. The zero-order valence-corrected chi connectivity index (χ0v) is 17.3. The molecule has 0 fully saturated rings. The van der Waals surface area contributed by atoms with Crippen LogP contribution in [0.1, 0.15) is 15.9 Å². The largest absolute Gasteiger partial charge is 0.497 e. The van der Waals surface area contributed by atoms with Gasteiger partial charge >= 0.3 is 0 Å². The highest BCUT2D eigenvalue weighted by molar-refractivity contribution is 5.95. The van der Waals surface area contributed by atoms with Gasteiger partial charge in [-0.3, -0.25) is 4.79 Å². The number of carbonyl (C=O) groups is 1. The van der Waals surface area contributed by atoms with Crippen molar-refractivity contribution in [2.75, 3.05) is 35.5 Å². The van der Waals surface area contributed by atoms with Crippen molar-refractivity contribution in [1.29, 1.82) is 0 Å². The zero-order valence-electron chi connectivity index (χ0n) is 17.3. The van der Waals surface area contributed by atoms with Gasteiger partial charge in [0.25, 0.3) is 5.91 Å². The Morgan fingerprint density at radius 1 is 0.793 bits per heavy atom. The molecule has 3 aromatic carbocycles. The first-order valence-corrected chi connectivity index (χ1v) is 9.12. The summed E-state index contributed by atoms with van der Waals surface area (Å²) in [6.07, 6.45) is 0. The molecule has 0 aliphatic heterocycles. The minimum Gasteiger partial charge on any atom is -0.497 e. The summed E-state index contributed by atoms with van der Waals surface area (Å²) >= 11 is 0. The molecule has 0 bridgehead atoms. The summed E-state index contributed by atoms with van der Waals surface area (Å²) in [5.74, 6) is 2.03. The molecule has 0 spiro atoms. The van der Waals surface area contributed by atoms with Gasteiger partial charge in [-0.05, 0) is 46.7 Å². The van der Waals surface area contributed by atoms with Gasteiger partial charge in [-0.1, -0.05) is 18.2 Å². The summed E-state index contributed by atoms with van der Waals surface area (Å²) in [7, 11) is 8.00. The molecule has 0 N–H and O–H groups in total. The van der Waals surface area contributed by atoms with E-state index in [1.54, 1.807) is 31.2 Å². The van der Waals surface area contributed by atoms with Gasteiger partial charge in [0.15, 0.2) is 11.5 Å². The van der Waals surface area contributed by atoms with E-state index in [-0.39, 0.29) is 5.91 Å². The van der Waals surface area contributed by atoms with E-state index < -0.39 is 0 Å². The average molecular weight is 395 g/mol. The van der Waals surface area contributed by atoms with Gasteiger partial charge in [0, 0.05) is 19.2 Å². The molecule has 0 aliphatic rings. The Morgan fingerprint density at radius 2 is 1.41 bits per heavy atom. The lowest BCUT2D eigenvalue weighted by Gasteiger charge is -2.20. The number of fused-ring (bicyclic) bond motifs is 1. The summed E-state index contributed by atoms with van der Waals surface area (Å²) in [6.45, 7) is 0.470. The van der Waals surface area contributed by atoms with Crippen molar-refractivity contribution >= 4 is 16.7 Å². The van der Waals surface area contributed by atoms with Gasteiger partial charge in [-0.25, -0.2) is 0 Å². The van der Waals surface area contributed by atoms with Crippen LogP contribution in [0.2, 0.25) is 0 Å². The maximum atomic E-state index is 13.0. The van der Waals surface area contributed by atoms with E-state index >= 15 is 0 Å². The highest BCUT2D eigenvalue weighted by atomic mass is 16.5. The van der Waals surface area contributed by atoms with Crippen molar-refractivity contribution in [2.24, 2.45) is 0 Å². The van der Waals surface area contributed by atoms with Gasteiger partial charge in [0.1, 0.15) is 5.75 Å². The van der Waals surface area contributed by atoms with Gasteiger partial charge in [-0.2, -0.15) is 0 Å². The number of hydrogen-bond acceptors (Lipinski definition) is 5. The van der Waals surface area contributed by atoms with Crippen LogP contribution in [0.4, 0.5) is 0 Å². The lowest BCUT2D eigenvalue weighted by atomic mass is 10.1. The molecule has 0 saturated heterocycles. The molecule has 0 atom stereocenters. The van der Waals surface area contributed by atoms with Gasteiger partial charge in [0.05, 0.1) is 28.4 Å². The molecule has 1 amide bonds. The van der Waals surface area contributed by atoms with Crippen molar-refractivity contribution in [3.05, 3.63) is 59.7 Å². The van der Waals surface area contributed by atoms with Crippen molar-refractivity contribution in [2.45, 2.75) is 6.54 Å². The number of amides is 1. The van der Waals surface area contributed by atoms with Crippen LogP contribution in [0.25, 0.3) is 10.8 Å². The van der Waals surface area contributed by atoms with Crippen molar-refractivity contribution in [3.63, 3.8) is 0 Å². The first-order chi connectivity index (χ1) is 14.0. The number of nitrogens with zero attached hydrogens (tertiary/aromatic N) is 1. The molecule has 152 valence electrons. The zero-order chi connectivity index (χ0) is 21.0. The Balaban J connectivity index is 1.84. The van der Waals surface area contributed by atoms with E-state index in [2.05, 4.69) is 6.07 Å². The summed E-state index contributed by atoms with van der Waals surface area (Å²) in [4.78, 5) is 14.6. The second-order valence-corrected chi connectivity index (χ2v) is 6.62. The number of hydrogen-bond donors (Lipinski definition) is 0. The third-order valence-corrected chi connectivity index (χ3v) is 4.79. The molecule has 0 saturated carbocycles. The number of carbonyl (C=O) groups excluding carboxylic acids is 1. The van der Waals surface area contributed by atoms with Crippen LogP contribution in [0.3, 0.4) is 0 Å². The van der Waals surface area contributed by atoms with E-state index in [0.717, 1.165) is 22.1 Å². The van der Waals surface area contributed by atoms with E-state index in [9.17, 15) is 4.79 Å². The summed E-state index contributed by atoms with van der Waals surface area (Å²) in [5.41, 5.74) is 1.50. The normalized spacial score (nSPS) is 10.5. The second kappa shape index (κ2) is 8.73. The molecule has 6 heteroatoms. The standard InChI is InChI=1S/C23H25NO5/c1-24(14-15-6-7-17-11-19(26-2)9-8-16(17)10-15)23(25)18-12-20(27-3)22(29-5)21(13-18)28-4/h6-13H,14H2,1-5H3. The van der Waals surface area contributed by atoms with Gasteiger partial charge < -0.3 is 23.8 Å². The molecule has 29 heavy (non-hydrogen) atoms. The highest BCUT2D eigenvalue weighted by Crippen LogP contribution is 2.38. The lowest BCUT2D eigenvalue weighted by Crippen LogP contribution is -2.26. The summed E-state index contributed by atoms with van der Waals surface area (Å²) in [6, 6.07) is 15.4. The maximum Gasteiger partial charge on any atom is 0.254 e. The van der Waals surface area contributed by atoms with Crippen LogP contribution in [-0.4, -0.2) is 46.3 Å².